The van der Waals surface area contributed by atoms with Gasteiger partial charge in [0.15, 0.2) is 0 Å². The number of aromatic nitrogens is 1. The maximum Gasteiger partial charge on any atom is 0.280 e. The van der Waals surface area contributed by atoms with Gasteiger partial charge in [0, 0.05) is 26.4 Å². The molecule has 3 rings (SSSR count). The molecule has 1 aromatic carbocycles. The number of carbonyl (C=O) groups is 2. The van der Waals surface area contributed by atoms with Crippen molar-refractivity contribution in [3.8, 4) is 0 Å². The Bertz CT molecular complexity index is 922. The van der Waals surface area contributed by atoms with Gasteiger partial charge in [-0.1, -0.05) is 12.1 Å². The van der Waals surface area contributed by atoms with Crippen molar-refractivity contribution in [2.24, 2.45) is 0 Å². The highest BCUT2D eigenvalue weighted by Gasteiger charge is 2.36. The molecule has 0 bridgehead atoms. The molecule has 2 amide bonds. The number of fused-ring (bicyclic) bond motifs is 1. The van der Waals surface area contributed by atoms with E-state index in [-0.39, 0.29) is 36.2 Å². The predicted molar refractivity (Wildman–Crippen MR) is 96.8 cm³/mol. The summed E-state index contributed by atoms with van der Waals surface area (Å²) in [5, 5.41) is 0. The molecule has 0 radical (unpaired) electrons. The first-order chi connectivity index (χ1) is 12.9. The van der Waals surface area contributed by atoms with Gasteiger partial charge >= 0.3 is 0 Å². The van der Waals surface area contributed by atoms with Crippen molar-refractivity contribution < 1.29 is 22.7 Å². The van der Waals surface area contributed by atoms with Crippen LogP contribution in [0.25, 0.3) is 0 Å². The molecule has 142 valence electrons. The zero-order chi connectivity index (χ0) is 19.4. The molecule has 8 nitrogen and oxygen atoms in total. The van der Waals surface area contributed by atoms with Crippen LogP contribution in [0.3, 0.4) is 0 Å². The molecular formula is C18H19N3O5S. The van der Waals surface area contributed by atoms with Crippen molar-refractivity contribution in [1.29, 1.82) is 0 Å². The van der Waals surface area contributed by atoms with Gasteiger partial charge in [-0.2, -0.15) is 0 Å². The van der Waals surface area contributed by atoms with Crippen LogP contribution in [0.5, 0.6) is 0 Å². The van der Waals surface area contributed by atoms with Gasteiger partial charge in [-0.05, 0) is 36.2 Å². The summed E-state index contributed by atoms with van der Waals surface area (Å²) in [5.41, 5.74) is 1.30. The number of hydrogen-bond donors (Lipinski definition) is 1. The number of carbonyl (C=O) groups excluding carboxylic acids is 2. The molecule has 0 aliphatic carbocycles. The Morgan fingerprint density at radius 2 is 1.85 bits per heavy atom. The van der Waals surface area contributed by atoms with E-state index in [0.717, 1.165) is 10.5 Å². The number of benzene rings is 1. The molecule has 1 aromatic heterocycles. The van der Waals surface area contributed by atoms with E-state index in [1.165, 1.54) is 25.4 Å². The average Bonchev–Trinajstić information content (AvgIpc) is 2.91. The maximum atomic E-state index is 12.3. The SMILES string of the molecule is COCCNS(=O)(=O)c1ccc(CCN2C(=O)c3cccnc3C2=O)cc1. The predicted octanol–water partition coefficient (Wildman–Crippen LogP) is 0.845. The average molecular weight is 389 g/mol. The minimum atomic E-state index is -3.59. The number of nitrogens with one attached hydrogen (secondary N) is 1. The summed E-state index contributed by atoms with van der Waals surface area (Å²) in [6, 6.07) is 9.53. The molecule has 1 aliphatic rings. The number of amides is 2. The molecule has 0 fully saturated rings. The fraction of sp³-hybridized carbons (Fsp3) is 0.278. The Labute approximate surface area is 157 Å². The lowest BCUT2D eigenvalue weighted by molar-refractivity contribution is 0.0654. The first-order valence-corrected chi connectivity index (χ1v) is 9.81. The van der Waals surface area contributed by atoms with Crippen molar-refractivity contribution in [3.63, 3.8) is 0 Å². The van der Waals surface area contributed by atoms with Crippen LogP contribution in [0.15, 0.2) is 47.5 Å². The summed E-state index contributed by atoms with van der Waals surface area (Å²) in [6.07, 6.45) is 1.90. The third-order valence-corrected chi connectivity index (χ3v) is 5.66. The van der Waals surface area contributed by atoms with Crippen molar-refractivity contribution in [3.05, 3.63) is 59.4 Å². The zero-order valence-electron chi connectivity index (χ0n) is 14.7. The van der Waals surface area contributed by atoms with E-state index in [9.17, 15) is 18.0 Å². The van der Waals surface area contributed by atoms with Crippen molar-refractivity contribution in [2.75, 3.05) is 26.8 Å². The third kappa shape index (κ3) is 4.05. The number of rotatable bonds is 8. The van der Waals surface area contributed by atoms with E-state index in [0.29, 0.717) is 12.0 Å². The molecule has 2 aromatic rings. The van der Waals surface area contributed by atoms with Gasteiger partial charge in [-0.25, -0.2) is 13.1 Å². The van der Waals surface area contributed by atoms with Gasteiger partial charge in [-0.3, -0.25) is 19.5 Å². The number of ether oxygens (including phenoxy) is 1. The molecule has 0 unspecified atom stereocenters. The molecule has 2 heterocycles. The van der Waals surface area contributed by atoms with Crippen molar-refractivity contribution in [1.82, 2.24) is 14.6 Å². The molecule has 9 heteroatoms. The van der Waals surface area contributed by atoms with Crippen LogP contribution in [0.4, 0.5) is 0 Å². The second-order valence-corrected chi connectivity index (χ2v) is 7.71. The topological polar surface area (TPSA) is 106 Å². The van der Waals surface area contributed by atoms with Crippen LogP contribution in [-0.2, 0) is 21.2 Å². The molecule has 1 N–H and O–H groups in total. The molecule has 27 heavy (non-hydrogen) atoms. The Kier molecular flexibility index (Phi) is 5.64. The van der Waals surface area contributed by atoms with Crippen LogP contribution in [0.1, 0.15) is 26.4 Å². The second-order valence-electron chi connectivity index (χ2n) is 5.95. The highest BCUT2D eigenvalue weighted by molar-refractivity contribution is 7.89. The Morgan fingerprint density at radius 3 is 2.52 bits per heavy atom. The van der Waals surface area contributed by atoms with Gasteiger partial charge in [-0.15, -0.1) is 0 Å². The van der Waals surface area contributed by atoms with E-state index in [4.69, 9.17) is 4.74 Å². The van der Waals surface area contributed by atoms with Gasteiger partial charge in [0.2, 0.25) is 10.0 Å². The monoisotopic (exact) mass is 389 g/mol. The summed E-state index contributed by atoms with van der Waals surface area (Å²) in [4.78, 5) is 29.9. The van der Waals surface area contributed by atoms with Crippen LogP contribution in [-0.4, -0.2) is 56.9 Å². The zero-order valence-corrected chi connectivity index (χ0v) is 15.5. The largest absolute Gasteiger partial charge is 0.383 e. The van der Waals surface area contributed by atoms with Gasteiger partial charge < -0.3 is 4.74 Å². The number of sulfonamides is 1. The van der Waals surface area contributed by atoms with E-state index in [1.807, 2.05) is 0 Å². The van der Waals surface area contributed by atoms with Crippen LogP contribution >= 0.6 is 0 Å². The molecule has 0 saturated heterocycles. The summed E-state index contributed by atoms with van der Waals surface area (Å²) in [5.74, 6) is -0.762. The third-order valence-electron chi connectivity index (χ3n) is 4.19. The summed E-state index contributed by atoms with van der Waals surface area (Å²) in [7, 11) is -2.10. The first kappa shape index (κ1) is 19.2. The fourth-order valence-corrected chi connectivity index (χ4v) is 3.77. The van der Waals surface area contributed by atoms with E-state index in [2.05, 4.69) is 9.71 Å². The molecule has 0 spiro atoms. The molecule has 1 aliphatic heterocycles. The first-order valence-electron chi connectivity index (χ1n) is 8.33. The second kappa shape index (κ2) is 7.95. The fourth-order valence-electron chi connectivity index (χ4n) is 2.75. The number of methoxy groups -OCH3 is 1. The highest BCUT2D eigenvalue weighted by atomic mass is 32.2. The lowest BCUT2D eigenvalue weighted by atomic mass is 10.1. The van der Waals surface area contributed by atoms with Crippen LogP contribution in [0.2, 0.25) is 0 Å². The smallest absolute Gasteiger partial charge is 0.280 e. The molecular weight excluding hydrogens is 370 g/mol. The number of hydrogen-bond acceptors (Lipinski definition) is 6. The van der Waals surface area contributed by atoms with Gasteiger partial charge in [0.25, 0.3) is 11.8 Å². The van der Waals surface area contributed by atoms with E-state index >= 15 is 0 Å². The minimum absolute atomic E-state index is 0.146. The molecule has 0 saturated carbocycles. The maximum absolute atomic E-state index is 12.3. The minimum Gasteiger partial charge on any atom is -0.383 e. The number of imide groups is 1. The normalized spacial score (nSPS) is 13.9. The van der Waals surface area contributed by atoms with E-state index < -0.39 is 15.9 Å². The Balaban J connectivity index is 1.63. The van der Waals surface area contributed by atoms with Gasteiger partial charge in [0.05, 0.1) is 17.1 Å². The molecule has 0 atom stereocenters. The summed E-state index contributed by atoms with van der Waals surface area (Å²) < 4.78 is 31.5. The standard InChI is InChI=1S/C18H19N3O5S/c1-26-12-10-20-27(24,25)14-6-4-13(5-7-14)8-11-21-17(22)15-3-2-9-19-16(15)18(21)23/h2-7,9,20H,8,10-12H2,1H3. The Morgan fingerprint density at radius 1 is 1.11 bits per heavy atom. The summed E-state index contributed by atoms with van der Waals surface area (Å²) in [6.45, 7) is 0.674. The van der Waals surface area contributed by atoms with Crippen molar-refractivity contribution >= 4 is 21.8 Å². The van der Waals surface area contributed by atoms with Crippen molar-refractivity contribution in [2.45, 2.75) is 11.3 Å². The van der Waals surface area contributed by atoms with Crippen LogP contribution < -0.4 is 4.72 Å². The Hall–Kier alpha value is -2.62. The number of pyridine rings is 1. The van der Waals surface area contributed by atoms with Crippen LogP contribution in [0, 0.1) is 0 Å². The quantitative estimate of drug-likeness (QED) is 0.530. The van der Waals surface area contributed by atoms with E-state index in [1.54, 1.807) is 24.3 Å². The van der Waals surface area contributed by atoms with Gasteiger partial charge in [0.1, 0.15) is 5.69 Å². The lowest BCUT2D eigenvalue weighted by Crippen LogP contribution is -2.31. The summed E-state index contributed by atoms with van der Waals surface area (Å²) >= 11 is 0. The lowest BCUT2D eigenvalue weighted by Gasteiger charge is -2.13. The number of nitrogens with zero attached hydrogens (tertiary/aromatic N) is 2. The highest BCUT2D eigenvalue weighted by Crippen LogP contribution is 2.21.